The van der Waals surface area contributed by atoms with E-state index in [9.17, 15) is 0 Å². The summed E-state index contributed by atoms with van der Waals surface area (Å²) < 4.78 is 6.15. The van der Waals surface area contributed by atoms with Crippen molar-refractivity contribution in [2.75, 3.05) is 24.3 Å². The Morgan fingerprint density at radius 3 is 2.53 bits per heavy atom. The molecule has 0 amide bonds. The number of methoxy groups -OCH3 is 1. The van der Waals surface area contributed by atoms with Gasteiger partial charge in [0.2, 0.25) is 11.9 Å². The Bertz CT molecular complexity index is 548. The first-order valence-electron chi connectivity index (χ1n) is 5.73. The van der Waals surface area contributed by atoms with Gasteiger partial charge in [0.1, 0.15) is 0 Å². The molecule has 0 saturated carbocycles. The van der Waals surface area contributed by atoms with E-state index in [0.29, 0.717) is 24.5 Å². The second-order valence-electron chi connectivity index (χ2n) is 3.56. The first kappa shape index (κ1) is 14.0. The van der Waals surface area contributed by atoms with E-state index in [4.69, 9.17) is 4.74 Å². The zero-order valence-corrected chi connectivity index (χ0v) is 13.0. The molecule has 2 aromatic rings. The lowest BCUT2D eigenvalue weighted by atomic mass is 10.5. The van der Waals surface area contributed by atoms with Crippen molar-refractivity contribution in [3.63, 3.8) is 0 Å². The lowest BCUT2D eigenvalue weighted by Gasteiger charge is -2.07. The molecule has 0 radical (unpaired) electrons. The summed E-state index contributed by atoms with van der Waals surface area (Å²) in [6.07, 6.45) is 0. The van der Waals surface area contributed by atoms with Crippen molar-refractivity contribution >= 4 is 39.2 Å². The number of hydrogen-bond acceptors (Lipinski definition) is 7. The summed E-state index contributed by atoms with van der Waals surface area (Å²) in [5, 5.41) is 6.19. The molecule has 19 heavy (non-hydrogen) atoms. The molecule has 0 atom stereocenters. The van der Waals surface area contributed by atoms with Crippen molar-refractivity contribution in [1.29, 1.82) is 0 Å². The first-order valence-corrected chi connectivity index (χ1v) is 7.34. The Morgan fingerprint density at radius 1 is 1.21 bits per heavy atom. The number of nitrogens with zero attached hydrogens (tertiary/aromatic N) is 3. The molecule has 2 rings (SSSR count). The fourth-order valence-electron chi connectivity index (χ4n) is 1.38. The van der Waals surface area contributed by atoms with Gasteiger partial charge in [-0.2, -0.15) is 15.0 Å². The summed E-state index contributed by atoms with van der Waals surface area (Å²) in [6, 6.07) is 4.35. The average Bonchev–Trinajstić information content (AvgIpc) is 2.82. The van der Waals surface area contributed by atoms with Gasteiger partial charge in [0.25, 0.3) is 0 Å². The molecule has 0 spiro atoms. The third-order valence-corrected chi connectivity index (χ3v) is 3.81. The molecule has 6 nitrogen and oxygen atoms in total. The third-order valence-electron chi connectivity index (χ3n) is 2.18. The zero-order valence-electron chi connectivity index (χ0n) is 10.6. The van der Waals surface area contributed by atoms with Crippen molar-refractivity contribution < 1.29 is 4.74 Å². The predicted octanol–water partition coefficient (Wildman–Crippen LogP) is 2.75. The Labute approximate surface area is 123 Å². The number of nitrogens with one attached hydrogen (secondary N) is 2. The SMILES string of the molecule is CCNc1nc(NCc2ccc(Br)s2)nc(OC)n1. The van der Waals surface area contributed by atoms with Crippen LogP contribution in [-0.2, 0) is 6.54 Å². The second kappa shape index (κ2) is 6.67. The number of ether oxygens (including phenoxy) is 1. The molecule has 0 saturated heterocycles. The Balaban J connectivity index is 2.08. The highest BCUT2D eigenvalue weighted by molar-refractivity contribution is 9.11. The van der Waals surface area contributed by atoms with Crippen molar-refractivity contribution in [1.82, 2.24) is 15.0 Å². The van der Waals surface area contributed by atoms with E-state index in [2.05, 4.69) is 41.5 Å². The van der Waals surface area contributed by atoms with E-state index < -0.39 is 0 Å². The normalized spacial score (nSPS) is 10.3. The molecule has 2 heterocycles. The molecule has 0 bridgehead atoms. The number of aromatic nitrogens is 3. The van der Waals surface area contributed by atoms with Crippen LogP contribution >= 0.6 is 27.3 Å². The minimum Gasteiger partial charge on any atom is -0.467 e. The molecule has 8 heteroatoms. The monoisotopic (exact) mass is 343 g/mol. The highest BCUT2D eigenvalue weighted by Crippen LogP contribution is 2.22. The van der Waals surface area contributed by atoms with Crippen molar-refractivity contribution in [2.24, 2.45) is 0 Å². The predicted molar refractivity (Wildman–Crippen MR) is 79.9 cm³/mol. The molecule has 102 valence electrons. The van der Waals surface area contributed by atoms with E-state index in [-0.39, 0.29) is 0 Å². The molecule has 0 aliphatic heterocycles. The van der Waals surface area contributed by atoms with Gasteiger partial charge in [-0.15, -0.1) is 11.3 Å². The number of halogens is 1. The summed E-state index contributed by atoms with van der Waals surface area (Å²) in [7, 11) is 1.53. The molecule has 0 unspecified atom stereocenters. The van der Waals surface area contributed by atoms with Gasteiger partial charge in [-0.25, -0.2) is 0 Å². The van der Waals surface area contributed by atoms with Crippen LogP contribution in [0.4, 0.5) is 11.9 Å². The summed E-state index contributed by atoms with van der Waals surface area (Å²) in [5.41, 5.74) is 0. The summed E-state index contributed by atoms with van der Waals surface area (Å²) in [6.45, 7) is 3.38. The van der Waals surface area contributed by atoms with E-state index in [0.717, 1.165) is 10.3 Å². The first-order chi connectivity index (χ1) is 9.21. The maximum Gasteiger partial charge on any atom is 0.322 e. The third kappa shape index (κ3) is 4.03. The average molecular weight is 344 g/mol. The maximum absolute atomic E-state index is 5.05. The number of rotatable bonds is 6. The van der Waals surface area contributed by atoms with Crippen LogP contribution in [0.25, 0.3) is 0 Å². The number of anilines is 2. The minimum absolute atomic E-state index is 0.292. The molecule has 0 aromatic carbocycles. The lowest BCUT2D eigenvalue weighted by Crippen LogP contribution is -2.09. The molecule has 0 aliphatic rings. The molecule has 2 N–H and O–H groups in total. The van der Waals surface area contributed by atoms with Gasteiger partial charge in [-0.1, -0.05) is 0 Å². The van der Waals surface area contributed by atoms with Crippen LogP contribution in [0.1, 0.15) is 11.8 Å². The Morgan fingerprint density at radius 2 is 1.95 bits per heavy atom. The van der Waals surface area contributed by atoms with E-state index >= 15 is 0 Å². The Kier molecular flexibility index (Phi) is 4.92. The summed E-state index contributed by atoms with van der Waals surface area (Å²) >= 11 is 5.10. The summed E-state index contributed by atoms with van der Waals surface area (Å²) in [5.74, 6) is 0.997. The smallest absolute Gasteiger partial charge is 0.322 e. The topological polar surface area (TPSA) is 72.0 Å². The highest BCUT2D eigenvalue weighted by Gasteiger charge is 2.06. The highest BCUT2D eigenvalue weighted by atomic mass is 79.9. The van der Waals surface area contributed by atoms with Gasteiger partial charge in [0.05, 0.1) is 17.4 Å². The number of hydrogen-bond donors (Lipinski definition) is 2. The van der Waals surface area contributed by atoms with Crippen LogP contribution in [-0.4, -0.2) is 28.6 Å². The van der Waals surface area contributed by atoms with Gasteiger partial charge < -0.3 is 15.4 Å². The zero-order chi connectivity index (χ0) is 13.7. The van der Waals surface area contributed by atoms with E-state index in [1.54, 1.807) is 11.3 Å². The van der Waals surface area contributed by atoms with Gasteiger partial charge in [-0.3, -0.25) is 0 Å². The standard InChI is InChI=1S/C11H14BrN5OS/c1-3-13-9-15-10(17-11(16-9)18-2)14-6-7-4-5-8(12)19-7/h4-5H,3,6H2,1-2H3,(H2,13,14,15,16,17). The van der Waals surface area contributed by atoms with Crippen molar-refractivity contribution in [3.05, 3.63) is 20.8 Å². The molecular formula is C11H14BrN5OS. The van der Waals surface area contributed by atoms with Crippen LogP contribution in [0.3, 0.4) is 0 Å². The van der Waals surface area contributed by atoms with Gasteiger partial charge in [-0.05, 0) is 35.0 Å². The maximum atomic E-state index is 5.05. The fraction of sp³-hybridized carbons (Fsp3) is 0.364. The van der Waals surface area contributed by atoms with Gasteiger partial charge >= 0.3 is 6.01 Å². The van der Waals surface area contributed by atoms with Crippen LogP contribution in [0.5, 0.6) is 6.01 Å². The largest absolute Gasteiger partial charge is 0.467 e. The van der Waals surface area contributed by atoms with Gasteiger partial charge in [0.15, 0.2) is 0 Å². The van der Waals surface area contributed by atoms with Crippen molar-refractivity contribution in [3.8, 4) is 6.01 Å². The van der Waals surface area contributed by atoms with Crippen LogP contribution in [0.2, 0.25) is 0 Å². The van der Waals surface area contributed by atoms with Crippen LogP contribution in [0.15, 0.2) is 15.9 Å². The number of thiophene rings is 1. The Hall–Kier alpha value is -1.41. The van der Waals surface area contributed by atoms with E-state index in [1.165, 1.54) is 12.0 Å². The lowest BCUT2D eigenvalue weighted by molar-refractivity contribution is 0.379. The quantitative estimate of drug-likeness (QED) is 0.840. The molecule has 0 fully saturated rings. The van der Waals surface area contributed by atoms with Crippen molar-refractivity contribution in [2.45, 2.75) is 13.5 Å². The van der Waals surface area contributed by atoms with Gasteiger partial charge in [0, 0.05) is 11.4 Å². The molecular weight excluding hydrogens is 330 g/mol. The van der Waals surface area contributed by atoms with Crippen LogP contribution in [0, 0.1) is 0 Å². The molecule has 0 aliphatic carbocycles. The van der Waals surface area contributed by atoms with Crippen LogP contribution < -0.4 is 15.4 Å². The van der Waals surface area contributed by atoms with E-state index in [1.807, 2.05) is 19.1 Å². The molecule has 2 aromatic heterocycles. The fourth-order valence-corrected chi connectivity index (χ4v) is 2.80. The second-order valence-corrected chi connectivity index (χ2v) is 6.11. The summed E-state index contributed by atoms with van der Waals surface area (Å²) in [4.78, 5) is 13.7. The minimum atomic E-state index is 0.292.